The van der Waals surface area contributed by atoms with Gasteiger partial charge in [0, 0.05) is 19.1 Å². The van der Waals surface area contributed by atoms with E-state index < -0.39 is 0 Å². The number of hydrogen-bond donors (Lipinski definition) is 1. The van der Waals surface area contributed by atoms with Gasteiger partial charge in [0.25, 0.3) is 0 Å². The van der Waals surface area contributed by atoms with E-state index in [2.05, 4.69) is 19.2 Å². The predicted octanol–water partition coefficient (Wildman–Crippen LogP) is 0.995. The lowest BCUT2D eigenvalue weighted by atomic mass is 10.2. The number of nitrogens with zero attached hydrogens (tertiary/aromatic N) is 1. The van der Waals surface area contributed by atoms with Gasteiger partial charge in [-0.3, -0.25) is 4.79 Å². The van der Waals surface area contributed by atoms with E-state index >= 15 is 0 Å². The summed E-state index contributed by atoms with van der Waals surface area (Å²) in [6.45, 7) is 6.16. The van der Waals surface area contributed by atoms with Crippen molar-refractivity contribution in [1.29, 1.82) is 0 Å². The second-order valence-corrected chi connectivity index (χ2v) is 4.89. The molecule has 3 heteroatoms. The number of hydrogen-bond acceptors (Lipinski definition) is 2. The van der Waals surface area contributed by atoms with Crippen LogP contribution < -0.4 is 5.32 Å². The zero-order chi connectivity index (χ0) is 10.1. The lowest BCUT2D eigenvalue weighted by molar-refractivity contribution is -0.129. The van der Waals surface area contributed by atoms with Crippen LogP contribution in [0, 0.1) is 5.92 Å². The number of nitrogens with one attached hydrogen (secondary N) is 1. The summed E-state index contributed by atoms with van der Waals surface area (Å²) in [4.78, 5) is 13.9. The zero-order valence-electron chi connectivity index (χ0n) is 9.12. The Morgan fingerprint density at radius 1 is 1.43 bits per heavy atom. The second-order valence-electron chi connectivity index (χ2n) is 4.89. The molecule has 2 fully saturated rings. The Labute approximate surface area is 85.8 Å². The van der Waals surface area contributed by atoms with Crippen LogP contribution in [0.3, 0.4) is 0 Å². The largest absolute Gasteiger partial charge is 0.341 e. The van der Waals surface area contributed by atoms with Gasteiger partial charge in [-0.05, 0) is 25.2 Å². The fraction of sp³-hybridized carbons (Fsp3) is 0.909. The minimum atomic E-state index is 0.0914. The molecule has 2 aliphatic rings. The van der Waals surface area contributed by atoms with E-state index in [-0.39, 0.29) is 6.04 Å². The molecule has 0 spiro atoms. The molecule has 80 valence electrons. The molecular weight excluding hydrogens is 176 g/mol. The standard InChI is InChI=1S/C11H20N2O/c1-8(2)12-10-5-6-13(11(10)14)7-9-3-4-9/h8-10,12H,3-7H2,1-2H3. The van der Waals surface area contributed by atoms with Gasteiger partial charge >= 0.3 is 0 Å². The molecule has 1 aliphatic carbocycles. The molecular formula is C11H20N2O. The van der Waals surface area contributed by atoms with E-state index in [0.717, 1.165) is 25.4 Å². The molecule has 1 saturated carbocycles. The normalized spacial score (nSPS) is 27.8. The first kappa shape index (κ1) is 9.97. The van der Waals surface area contributed by atoms with Crippen LogP contribution in [0.4, 0.5) is 0 Å². The van der Waals surface area contributed by atoms with Crippen molar-refractivity contribution in [1.82, 2.24) is 10.2 Å². The molecule has 1 aliphatic heterocycles. The quantitative estimate of drug-likeness (QED) is 0.727. The van der Waals surface area contributed by atoms with Crippen molar-refractivity contribution in [3.8, 4) is 0 Å². The molecule has 2 rings (SSSR count). The van der Waals surface area contributed by atoms with E-state index in [1.165, 1.54) is 12.8 Å². The molecule has 0 bridgehead atoms. The maximum Gasteiger partial charge on any atom is 0.239 e. The van der Waals surface area contributed by atoms with Gasteiger partial charge in [-0.15, -0.1) is 0 Å². The van der Waals surface area contributed by atoms with Crippen molar-refractivity contribution in [2.75, 3.05) is 13.1 Å². The maximum atomic E-state index is 11.9. The number of carbonyl (C=O) groups excluding carboxylic acids is 1. The molecule has 1 saturated heterocycles. The third kappa shape index (κ3) is 2.27. The predicted molar refractivity (Wildman–Crippen MR) is 56.0 cm³/mol. The molecule has 1 amide bonds. The Bertz CT molecular complexity index is 209. The van der Waals surface area contributed by atoms with Gasteiger partial charge in [-0.25, -0.2) is 0 Å². The van der Waals surface area contributed by atoms with Crippen molar-refractivity contribution < 1.29 is 4.79 Å². The maximum absolute atomic E-state index is 11.9. The molecule has 0 aromatic carbocycles. The van der Waals surface area contributed by atoms with Crippen molar-refractivity contribution in [3.63, 3.8) is 0 Å². The Kier molecular flexibility index (Phi) is 2.77. The average molecular weight is 196 g/mol. The van der Waals surface area contributed by atoms with E-state index in [9.17, 15) is 4.79 Å². The molecule has 0 aromatic rings. The fourth-order valence-corrected chi connectivity index (χ4v) is 2.09. The highest BCUT2D eigenvalue weighted by atomic mass is 16.2. The van der Waals surface area contributed by atoms with Crippen LogP contribution in [0.5, 0.6) is 0 Å². The van der Waals surface area contributed by atoms with Gasteiger partial charge < -0.3 is 10.2 Å². The summed E-state index contributed by atoms with van der Waals surface area (Å²) >= 11 is 0. The molecule has 1 heterocycles. The van der Waals surface area contributed by atoms with Crippen molar-refractivity contribution in [2.24, 2.45) is 5.92 Å². The molecule has 1 N–H and O–H groups in total. The molecule has 0 aromatic heterocycles. The van der Waals surface area contributed by atoms with Crippen molar-refractivity contribution in [3.05, 3.63) is 0 Å². The van der Waals surface area contributed by atoms with Crippen LogP contribution in [-0.4, -0.2) is 36.0 Å². The minimum absolute atomic E-state index is 0.0914. The number of rotatable bonds is 4. The van der Waals surface area contributed by atoms with Crippen LogP contribution >= 0.6 is 0 Å². The van der Waals surface area contributed by atoms with Gasteiger partial charge in [0.15, 0.2) is 0 Å². The topological polar surface area (TPSA) is 32.3 Å². The molecule has 3 nitrogen and oxygen atoms in total. The SMILES string of the molecule is CC(C)NC1CCN(CC2CC2)C1=O. The summed E-state index contributed by atoms with van der Waals surface area (Å²) in [6, 6.07) is 0.499. The monoisotopic (exact) mass is 196 g/mol. The average Bonchev–Trinajstić information content (AvgIpc) is 2.86. The van der Waals surface area contributed by atoms with Gasteiger partial charge in [0.1, 0.15) is 0 Å². The molecule has 1 atom stereocenters. The van der Waals surface area contributed by atoms with E-state index in [1.807, 2.05) is 4.90 Å². The second kappa shape index (κ2) is 3.89. The van der Waals surface area contributed by atoms with Crippen molar-refractivity contribution in [2.45, 2.75) is 45.2 Å². The lowest BCUT2D eigenvalue weighted by Crippen LogP contribution is -2.41. The van der Waals surface area contributed by atoms with Crippen LogP contribution in [0.15, 0.2) is 0 Å². The van der Waals surface area contributed by atoms with Gasteiger partial charge in [-0.2, -0.15) is 0 Å². The van der Waals surface area contributed by atoms with Crippen LogP contribution in [0.2, 0.25) is 0 Å². The number of likely N-dealkylation sites (tertiary alicyclic amines) is 1. The minimum Gasteiger partial charge on any atom is -0.341 e. The van der Waals surface area contributed by atoms with Gasteiger partial charge in [0.2, 0.25) is 5.91 Å². The van der Waals surface area contributed by atoms with E-state index in [0.29, 0.717) is 11.9 Å². The van der Waals surface area contributed by atoms with E-state index in [4.69, 9.17) is 0 Å². The summed E-state index contributed by atoms with van der Waals surface area (Å²) in [5.74, 6) is 1.14. The van der Waals surface area contributed by atoms with Gasteiger partial charge in [-0.1, -0.05) is 13.8 Å². The Balaban J connectivity index is 1.82. The van der Waals surface area contributed by atoms with Gasteiger partial charge in [0.05, 0.1) is 6.04 Å². The number of amides is 1. The molecule has 0 radical (unpaired) electrons. The van der Waals surface area contributed by atoms with Crippen LogP contribution in [0.25, 0.3) is 0 Å². The number of carbonyl (C=O) groups is 1. The third-order valence-corrected chi connectivity index (χ3v) is 3.01. The fourth-order valence-electron chi connectivity index (χ4n) is 2.09. The summed E-state index contributed by atoms with van der Waals surface area (Å²) < 4.78 is 0. The summed E-state index contributed by atoms with van der Waals surface area (Å²) in [6.07, 6.45) is 3.64. The zero-order valence-corrected chi connectivity index (χ0v) is 9.12. The Morgan fingerprint density at radius 2 is 2.14 bits per heavy atom. The smallest absolute Gasteiger partial charge is 0.239 e. The first-order valence-corrected chi connectivity index (χ1v) is 5.71. The van der Waals surface area contributed by atoms with Crippen molar-refractivity contribution >= 4 is 5.91 Å². The van der Waals surface area contributed by atoms with E-state index in [1.54, 1.807) is 0 Å². The highest BCUT2D eigenvalue weighted by molar-refractivity contribution is 5.84. The molecule has 1 unspecified atom stereocenters. The van der Waals surface area contributed by atoms with Crippen LogP contribution in [0.1, 0.15) is 33.1 Å². The summed E-state index contributed by atoms with van der Waals surface area (Å²) in [7, 11) is 0. The first-order valence-electron chi connectivity index (χ1n) is 5.71. The summed E-state index contributed by atoms with van der Waals surface area (Å²) in [5, 5.41) is 3.32. The summed E-state index contributed by atoms with van der Waals surface area (Å²) in [5.41, 5.74) is 0. The molecule has 14 heavy (non-hydrogen) atoms. The Morgan fingerprint density at radius 3 is 2.71 bits per heavy atom. The Hall–Kier alpha value is -0.570. The highest BCUT2D eigenvalue weighted by Gasteiger charge is 2.35. The first-order chi connectivity index (χ1) is 6.66. The third-order valence-electron chi connectivity index (χ3n) is 3.01. The lowest BCUT2D eigenvalue weighted by Gasteiger charge is -2.17. The van der Waals surface area contributed by atoms with Crippen LogP contribution in [-0.2, 0) is 4.79 Å². The highest BCUT2D eigenvalue weighted by Crippen LogP contribution is 2.31.